The molecule has 114 valence electrons. The molecule has 1 aliphatic heterocycles. The quantitative estimate of drug-likeness (QED) is 0.900. The summed E-state index contributed by atoms with van der Waals surface area (Å²) in [6, 6.07) is 7.62. The predicted molar refractivity (Wildman–Crippen MR) is 78.3 cm³/mol. The molecule has 0 unspecified atom stereocenters. The fourth-order valence-corrected chi connectivity index (χ4v) is 2.52. The smallest absolute Gasteiger partial charge is 0.311 e. The number of hydrogen-bond acceptors (Lipinski definition) is 3. The number of carboxylic acid groups (broad SMARTS) is 1. The summed E-state index contributed by atoms with van der Waals surface area (Å²) in [6.45, 7) is 4.38. The molecule has 1 amide bonds. The summed E-state index contributed by atoms with van der Waals surface area (Å²) in [6.07, 6.45) is 1.32. The molecule has 5 nitrogen and oxygen atoms in total. The minimum atomic E-state index is -0.852. The number of aliphatic carboxylic acids is 1. The third kappa shape index (κ3) is 3.35. The molecular weight excluding hydrogens is 270 g/mol. The molecule has 2 rings (SSSR count). The Hall–Kier alpha value is -2.04. The predicted octanol–water partition coefficient (Wildman–Crippen LogP) is 1.95. The molecule has 0 aromatic heterocycles. The summed E-state index contributed by atoms with van der Waals surface area (Å²) in [4.78, 5) is 24.9. The zero-order valence-electron chi connectivity index (χ0n) is 12.5. The van der Waals surface area contributed by atoms with Crippen molar-refractivity contribution >= 4 is 11.9 Å². The average molecular weight is 291 g/mol. The van der Waals surface area contributed by atoms with Gasteiger partial charge in [0.1, 0.15) is 5.75 Å². The standard InChI is InChI=1S/C16H21NO4/c1-3-12-6-4-5-7-13(12)21-10-14(18)17-9-8-16(2,11-17)15(19)20/h4-7H,3,8-11H2,1-2H3,(H,19,20)/t16-/m1/s1. The summed E-state index contributed by atoms with van der Waals surface area (Å²) in [5.41, 5.74) is 0.221. The number of likely N-dealkylation sites (tertiary alicyclic amines) is 1. The minimum absolute atomic E-state index is 0.0489. The lowest BCUT2D eigenvalue weighted by molar-refractivity contribution is -0.147. The Labute approximate surface area is 124 Å². The number of aryl methyl sites for hydroxylation is 1. The van der Waals surface area contributed by atoms with Crippen molar-refractivity contribution in [1.82, 2.24) is 4.90 Å². The lowest BCUT2D eigenvalue weighted by Crippen LogP contribution is -2.37. The van der Waals surface area contributed by atoms with Crippen molar-refractivity contribution < 1.29 is 19.4 Å². The number of nitrogens with zero attached hydrogens (tertiary/aromatic N) is 1. The first kappa shape index (κ1) is 15.4. The lowest BCUT2D eigenvalue weighted by Gasteiger charge is -2.20. The largest absolute Gasteiger partial charge is 0.483 e. The van der Waals surface area contributed by atoms with E-state index in [4.69, 9.17) is 4.74 Å². The molecule has 1 aromatic rings. The summed E-state index contributed by atoms with van der Waals surface area (Å²) in [5.74, 6) is -0.297. The van der Waals surface area contributed by atoms with Gasteiger partial charge in [0.2, 0.25) is 0 Å². The van der Waals surface area contributed by atoms with Crippen LogP contribution in [0.4, 0.5) is 0 Å². The van der Waals surface area contributed by atoms with Gasteiger partial charge in [0.05, 0.1) is 5.41 Å². The molecule has 0 aliphatic carbocycles. The van der Waals surface area contributed by atoms with E-state index >= 15 is 0 Å². The molecule has 1 saturated heterocycles. The van der Waals surface area contributed by atoms with Crippen LogP contribution in [0.2, 0.25) is 0 Å². The number of carboxylic acids is 1. The number of benzene rings is 1. The van der Waals surface area contributed by atoms with Crippen molar-refractivity contribution in [2.45, 2.75) is 26.7 Å². The maximum Gasteiger partial charge on any atom is 0.311 e. The van der Waals surface area contributed by atoms with Crippen LogP contribution in [0.1, 0.15) is 25.8 Å². The van der Waals surface area contributed by atoms with Gasteiger partial charge in [0, 0.05) is 13.1 Å². The Kier molecular flexibility index (Phi) is 4.50. The molecule has 21 heavy (non-hydrogen) atoms. The first-order valence-electron chi connectivity index (χ1n) is 7.18. The van der Waals surface area contributed by atoms with E-state index in [2.05, 4.69) is 0 Å². The van der Waals surface area contributed by atoms with Gasteiger partial charge in [-0.2, -0.15) is 0 Å². The van der Waals surface area contributed by atoms with E-state index in [0.717, 1.165) is 12.0 Å². The van der Waals surface area contributed by atoms with Gasteiger partial charge in [0.25, 0.3) is 5.91 Å². The minimum Gasteiger partial charge on any atom is -0.483 e. The van der Waals surface area contributed by atoms with Crippen LogP contribution in [-0.4, -0.2) is 41.6 Å². The third-order valence-corrected chi connectivity index (χ3v) is 4.05. The second-order valence-corrected chi connectivity index (χ2v) is 5.68. The van der Waals surface area contributed by atoms with E-state index < -0.39 is 11.4 Å². The van der Waals surface area contributed by atoms with Crippen LogP contribution in [0.15, 0.2) is 24.3 Å². The normalized spacial score (nSPS) is 21.3. The zero-order valence-corrected chi connectivity index (χ0v) is 12.5. The Bertz CT molecular complexity index is 543. The molecule has 1 atom stereocenters. The zero-order chi connectivity index (χ0) is 15.5. The second kappa shape index (κ2) is 6.16. The summed E-state index contributed by atoms with van der Waals surface area (Å²) < 4.78 is 5.59. The lowest BCUT2D eigenvalue weighted by atomic mass is 9.90. The van der Waals surface area contributed by atoms with Gasteiger partial charge in [-0.3, -0.25) is 9.59 Å². The molecular formula is C16H21NO4. The fourth-order valence-electron chi connectivity index (χ4n) is 2.52. The Morgan fingerprint density at radius 3 is 2.71 bits per heavy atom. The summed E-state index contributed by atoms with van der Waals surface area (Å²) in [7, 11) is 0. The van der Waals surface area contributed by atoms with Crippen LogP contribution in [0.25, 0.3) is 0 Å². The van der Waals surface area contributed by atoms with Crippen molar-refractivity contribution in [3.8, 4) is 5.75 Å². The molecule has 0 spiro atoms. The van der Waals surface area contributed by atoms with Crippen molar-refractivity contribution in [2.75, 3.05) is 19.7 Å². The fraction of sp³-hybridized carbons (Fsp3) is 0.500. The summed E-state index contributed by atoms with van der Waals surface area (Å²) in [5, 5.41) is 9.18. The van der Waals surface area contributed by atoms with E-state index in [0.29, 0.717) is 18.7 Å². The number of rotatable bonds is 5. The average Bonchev–Trinajstić information content (AvgIpc) is 2.89. The van der Waals surface area contributed by atoms with E-state index in [1.54, 1.807) is 11.8 Å². The Morgan fingerprint density at radius 1 is 1.38 bits per heavy atom. The van der Waals surface area contributed by atoms with E-state index in [-0.39, 0.29) is 19.1 Å². The van der Waals surface area contributed by atoms with Crippen LogP contribution in [-0.2, 0) is 16.0 Å². The molecule has 1 N–H and O–H groups in total. The number of amides is 1. The van der Waals surface area contributed by atoms with Gasteiger partial charge in [-0.25, -0.2) is 0 Å². The molecule has 0 radical (unpaired) electrons. The first-order valence-corrected chi connectivity index (χ1v) is 7.18. The molecule has 0 saturated carbocycles. The van der Waals surface area contributed by atoms with Crippen LogP contribution in [0, 0.1) is 5.41 Å². The van der Waals surface area contributed by atoms with E-state index in [1.807, 2.05) is 31.2 Å². The monoisotopic (exact) mass is 291 g/mol. The van der Waals surface area contributed by atoms with Crippen LogP contribution >= 0.6 is 0 Å². The molecule has 5 heteroatoms. The number of carbonyl (C=O) groups excluding carboxylic acids is 1. The maximum atomic E-state index is 12.1. The number of hydrogen-bond donors (Lipinski definition) is 1. The number of para-hydroxylation sites is 1. The van der Waals surface area contributed by atoms with Crippen LogP contribution in [0.3, 0.4) is 0 Å². The van der Waals surface area contributed by atoms with Crippen LogP contribution in [0.5, 0.6) is 5.75 Å². The van der Waals surface area contributed by atoms with Crippen molar-refractivity contribution in [1.29, 1.82) is 0 Å². The number of carbonyl (C=O) groups is 2. The van der Waals surface area contributed by atoms with Gasteiger partial charge in [-0.1, -0.05) is 25.1 Å². The van der Waals surface area contributed by atoms with Gasteiger partial charge >= 0.3 is 5.97 Å². The van der Waals surface area contributed by atoms with Gasteiger partial charge in [-0.15, -0.1) is 0 Å². The highest BCUT2D eigenvalue weighted by Gasteiger charge is 2.42. The van der Waals surface area contributed by atoms with Crippen LogP contribution < -0.4 is 4.74 Å². The van der Waals surface area contributed by atoms with E-state index in [9.17, 15) is 14.7 Å². The maximum absolute atomic E-state index is 12.1. The SMILES string of the molecule is CCc1ccccc1OCC(=O)N1CC[C@@](C)(C(=O)O)C1. The third-order valence-electron chi connectivity index (χ3n) is 4.05. The highest BCUT2D eigenvalue weighted by atomic mass is 16.5. The molecule has 0 bridgehead atoms. The highest BCUT2D eigenvalue weighted by Crippen LogP contribution is 2.30. The van der Waals surface area contributed by atoms with Gasteiger partial charge in [-0.05, 0) is 31.4 Å². The van der Waals surface area contributed by atoms with Crippen molar-refractivity contribution in [3.05, 3.63) is 29.8 Å². The van der Waals surface area contributed by atoms with E-state index in [1.165, 1.54) is 0 Å². The number of ether oxygens (including phenoxy) is 1. The second-order valence-electron chi connectivity index (χ2n) is 5.68. The molecule has 1 fully saturated rings. The Balaban J connectivity index is 1.93. The Morgan fingerprint density at radius 2 is 2.10 bits per heavy atom. The van der Waals surface area contributed by atoms with Gasteiger partial charge in [0.15, 0.2) is 6.61 Å². The molecule has 1 aromatic carbocycles. The topological polar surface area (TPSA) is 66.8 Å². The highest BCUT2D eigenvalue weighted by molar-refractivity contribution is 5.81. The van der Waals surface area contributed by atoms with Crippen molar-refractivity contribution in [2.24, 2.45) is 5.41 Å². The van der Waals surface area contributed by atoms with Crippen molar-refractivity contribution in [3.63, 3.8) is 0 Å². The first-order chi connectivity index (χ1) is 9.96. The van der Waals surface area contributed by atoms with Gasteiger partial charge < -0.3 is 14.7 Å². The molecule has 1 heterocycles. The summed E-state index contributed by atoms with van der Waals surface area (Å²) >= 11 is 0. The molecule has 1 aliphatic rings.